The van der Waals surface area contributed by atoms with Gasteiger partial charge < -0.3 is 10.2 Å². The van der Waals surface area contributed by atoms with Gasteiger partial charge in [0.15, 0.2) is 0 Å². The van der Waals surface area contributed by atoms with Crippen molar-refractivity contribution in [3.8, 4) is 0 Å². The summed E-state index contributed by atoms with van der Waals surface area (Å²) >= 11 is 5.73. The van der Waals surface area contributed by atoms with Gasteiger partial charge in [0.1, 0.15) is 5.82 Å². The molecular formula is C21H22ClFN2O2. The van der Waals surface area contributed by atoms with E-state index in [9.17, 15) is 14.0 Å². The maximum absolute atomic E-state index is 13.2. The summed E-state index contributed by atoms with van der Waals surface area (Å²) in [6.07, 6.45) is 4.19. The van der Waals surface area contributed by atoms with Crippen molar-refractivity contribution in [2.75, 3.05) is 11.9 Å². The predicted octanol–water partition coefficient (Wildman–Crippen LogP) is 5.14. The third kappa shape index (κ3) is 4.48. The Balaban J connectivity index is 1.69. The number of benzene rings is 2. The molecule has 0 radical (unpaired) electrons. The number of rotatable bonds is 4. The molecule has 0 bridgehead atoms. The highest BCUT2D eigenvalue weighted by Crippen LogP contribution is 2.23. The van der Waals surface area contributed by atoms with Crippen LogP contribution < -0.4 is 5.32 Å². The van der Waals surface area contributed by atoms with Crippen molar-refractivity contribution in [3.05, 3.63) is 64.4 Å². The lowest BCUT2D eigenvalue weighted by molar-refractivity contribution is 0.0607. The summed E-state index contributed by atoms with van der Waals surface area (Å²) < 4.78 is 13.2. The number of hydrogen-bond donors (Lipinski definition) is 1. The van der Waals surface area contributed by atoms with Gasteiger partial charge in [-0.25, -0.2) is 4.39 Å². The van der Waals surface area contributed by atoms with Crippen molar-refractivity contribution >= 4 is 29.1 Å². The molecule has 1 aliphatic heterocycles. The number of nitrogens with one attached hydrogen (secondary N) is 1. The maximum atomic E-state index is 13.2. The SMILES string of the molecule is CCC1CCCCN1C(=O)c1ccc(C(=O)Nc2ccc(F)c(Cl)c2)cc1. The zero-order chi connectivity index (χ0) is 19.4. The molecule has 2 aromatic carbocycles. The zero-order valence-electron chi connectivity index (χ0n) is 15.2. The minimum Gasteiger partial charge on any atom is -0.336 e. The van der Waals surface area contributed by atoms with Crippen molar-refractivity contribution < 1.29 is 14.0 Å². The summed E-state index contributed by atoms with van der Waals surface area (Å²) in [5, 5.41) is 2.61. The first-order chi connectivity index (χ1) is 13.0. The fraction of sp³-hybridized carbons (Fsp3) is 0.333. The van der Waals surface area contributed by atoms with Gasteiger partial charge >= 0.3 is 0 Å². The number of carbonyl (C=O) groups is 2. The fourth-order valence-corrected chi connectivity index (χ4v) is 3.58. The standard InChI is InChI=1S/C21H22ClFN2O2/c1-2-17-5-3-4-12-25(17)21(27)15-8-6-14(7-9-15)20(26)24-16-10-11-19(23)18(22)13-16/h6-11,13,17H,2-5,12H2,1H3,(H,24,26). The number of amides is 2. The molecular weight excluding hydrogens is 367 g/mol. The first kappa shape index (κ1) is 19.4. The van der Waals surface area contributed by atoms with Crippen molar-refractivity contribution in [2.24, 2.45) is 0 Å². The maximum Gasteiger partial charge on any atom is 0.255 e. The minimum atomic E-state index is -0.541. The Morgan fingerprint density at radius 3 is 2.52 bits per heavy atom. The van der Waals surface area contributed by atoms with Gasteiger partial charge in [0.05, 0.1) is 5.02 Å². The summed E-state index contributed by atoms with van der Waals surface area (Å²) in [5.74, 6) is -0.875. The Hall–Kier alpha value is -2.40. The van der Waals surface area contributed by atoms with Crippen LogP contribution in [0.2, 0.25) is 5.02 Å². The van der Waals surface area contributed by atoms with Gasteiger partial charge in [-0.05, 0) is 68.1 Å². The van der Waals surface area contributed by atoms with Crippen LogP contribution in [-0.2, 0) is 0 Å². The Bertz CT molecular complexity index is 839. The Morgan fingerprint density at radius 1 is 1.15 bits per heavy atom. The molecule has 142 valence electrons. The molecule has 2 aromatic rings. The van der Waals surface area contributed by atoms with E-state index in [2.05, 4.69) is 12.2 Å². The van der Waals surface area contributed by atoms with Crippen LogP contribution in [0, 0.1) is 5.82 Å². The summed E-state index contributed by atoms with van der Waals surface area (Å²) in [6.45, 7) is 2.89. The van der Waals surface area contributed by atoms with E-state index in [1.165, 1.54) is 18.2 Å². The Morgan fingerprint density at radius 2 is 1.85 bits per heavy atom. The molecule has 1 aliphatic rings. The van der Waals surface area contributed by atoms with Crippen LogP contribution in [0.15, 0.2) is 42.5 Å². The molecule has 6 heteroatoms. The topological polar surface area (TPSA) is 49.4 Å². The normalized spacial score (nSPS) is 16.9. The van der Waals surface area contributed by atoms with E-state index >= 15 is 0 Å². The highest BCUT2D eigenvalue weighted by molar-refractivity contribution is 6.31. The molecule has 1 atom stereocenters. The molecule has 1 unspecified atom stereocenters. The van der Waals surface area contributed by atoms with E-state index in [0.717, 1.165) is 32.2 Å². The van der Waals surface area contributed by atoms with E-state index in [1.54, 1.807) is 24.3 Å². The van der Waals surface area contributed by atoms with Crippen LogP contribution in [0.4, 0.5) is 10.1 Å². The van der Waals surface area contributed by atoms with Gasteiger partial charge in [0.2, 0.25) is 0 Å². The highest BCUT2D eigenvalue weighted by atomic mass is 35.5. The second-order valence-corrected chi connectivity index (χ2v) is 7.12. The van der Waals surface area contributed by atoms with Crippen molar-refractivity contribution in [3.63, 3.8) is 0 Å². The number of hydrogen-bond acceptors (Lipinski definition) is 2. The first-order valence-electron chi connectivity index (χ1n) is 9.17. The molecule has 0 spiro atoms. The number of halogens is 2. The molecule has 1 heterocycles. The molecule has 4 nitrogen and oxygen atoms in total. The molecule has 1 fully saturated rings. The number of anilines is 1. The molecule has 27 heavy (non-hydrogen) atoms. The number of carbonyl (C=O) groups excluding carboxylic acids is 2. The Kier molecular flexibility index (Phi) is 6.11. The minimum absolute atomic E-state index is 0.0128. The van der Waals surface area contributed by atoms with E-state index < -0.39 is 5.82 Å². The predicted molar refractivity (Wildman–Crippen MR) is 105 cm³/mol. The number of likely N-dealkylation sites (tertiary alicyclic amines) is 1. The van der Waals surface area contributed by atoms with Gasteiger partial charge in [-0.2, -0.15) is 0 Å². The Labute approximate surface area is 163 Å². The van der Waals surface area contributed by atoms with E-state index in [-0.39, 0.29) is 22.9 Å². The number of nitrogens with zero attached hydrogens (tertiary/aromatic N) is 1. The molecule has 0 aliphatic carbocycles. The second kappa shape index (κ2) is 8.53. The van der Waals surface area contributed by atoms with Crippen molar-refractivity contribution in [1.82, 2.24) is 4.90 Å². The second-order valence-electron chi connectivity index (χ2n) is 6.72. The third-order valence-electron chi connectivity index (χ3n) is 4.93. The van der Waals surface area contributed by atoms with Gasteiger partial charge in [0, 0.05) is 29.4 Å². The van der Waals surface area contributed by atoms with Crippen LogP contribution in [-0.4, -0.2) is 29.3 Å². The first-order valence-corrected chi connectivity index (χ1v) is 9.55. The van der Waals surface area contributed by atoms with E-state index in [0.29, 0.717) is 16.8 Å². The van der Waals surface area contributed by atoms with Gasteiger partial charge in [-0.3, -0.25) is 9.59 Å². The van der Waals surface area contributed by atoms with Crippen LogP contribution in [0.25, 0.3) is 0 Å². The van der Waals surface area contributed by atoms with Crippen LogP contribution in [0.1, 0.15) is 53.3 Å². The molecule has 3 rings (SSSR count). The van der Waals surface area contributed by atoms with E-state index in [1.807, 2.05) is 4.90 Å². The molecule has 1 N–H and O–H groups in total. The zero-order valence-corrected chi connectivity index (χ0v) is 15.9. The van der Waals surface area contributed by atoms with Gasteiger partial charge in [0.25, 0.3) is 11.8 Å². The van der Waals surface area contributed by atoms with Crippen molar-refractivity contribution in [1.29, 1.82) is 0 Å². The average molecular weight is 389 g/mol. The van der Waals surface area contributed by atoms with E-state index in [4.69, 9.17) is 11.6 Å². The lowest BCUT2D eigenvalue weighted by Gasteiger charge is -2.35. The lowest BCUT2D eigenvalue weighted by atomic mass is 9.98. The average Bonchev–Trinajstić information content (AvgIpc) is 2.70. The fourth-order valence-electron chi connectivity index (χ4n) is 3.40. The summed E-state index contributed by atoms with van der Waals surface area (Å²) in [6, 6.07) is 10.9. The number of piperidine rings is 1. The third-order valence-corrected chi connectivity index (χ3v) is 5.22. The van der Waals surface area contributed by atoms with Crippen molar-refractivity contribution in [2.45, 2.75) is 38.6 Å². The monoisotopic (exact) mass is 388 g/mol. The van der Waals surface area contributed by atoms with Crippen LogP contribution in [0.5, 0.6) is 0 Å². The van der Waals surface area contributed by atoms with Crippen LogP contribution >= 0.6 is 11.6 Å². The summed E-state index contributed by atoms with van der Waals surface area (Å²) in [7, 11) is 0. The smallest absolute Gasteiger partial charge is 0.255 e. The van der Waals surface area contributed by atoms with Gasteiger partial charge in [-0.15, -0.1) is 0 Å². The highest BCUT2D eigenvalue weighted by Gasteiger charge is 2.26. The quantitative estimate of drug-likeness (QED) is 0.788. The van der Waals surface area contributed by atoms with Gasteiger partial charge in [-0.1, -0.05) is 18.5 Å². The molecule has 0 aromatic heterocycles. The summed E-state index contributed by atoms with van der Waals surface area (Å²) in [5.41, 5.74) is 1.40. The molecule has 1 saturated heterocycles. The molecule has 0 saturated carbocycles. The van der Waals surface area contributed by atoms with Crippen LogP contribution in [0.3, 0.4) is 0 Å². The largest absolute Gasteiger partial charge is 0.336 e. The molecule has 2 amide bonds. The lowest BCUT2D eigenvalue weighted by Crippen LogP contribution is -2.43. The summed E-state index contributed by atoms with van der Waals surface area (Å²) in [4.78, 5) is 27.1.